The fraction of sp³-hybridized carbons (Fsp3) is 0.278. The molecule has 1 aromatic heterocycles. The van der Waals surface area contributed by atoms with E-state index in [0.717, 1.165) is 17.5 Å². The molecule has 3 rings (SSSR count). The number of amides is 1. The van der Waals surface area contributed by atoms with Crippen molar-refractivity contribution in [1.29, 1.82) is 5.26 Å². The minimum Gasteiger partial charge on any atom is -0.472 e. The Morgan fingerprint density at radius 3 is 3.00 bits per heavy atom. The summed E-state index contributed by atoms with van der Waals surface area (Å²) in [5, 5.41) is 8.90. The van der Waals surface area contributed by atoms with Gasteiger partial charge in [0.05, 0.1) is 18.2 Å². The van der Waals surface area contributed by atoms with E-state index in [9.17, 15) is 4.79 Å². The Morgan fingerprint density at radius 2 is 2.22 bits per heavy atom. The lowest BCUT2D eigenvalue weighted by Crippen LogP contribution is -2.31. The fourth-order valence-electron chi connectivity index (χ4n) is 2.71. The van der Waals surface area contributed by atoms with Crippen LogP contribution in [0.3, 0.4) is 0 Å². The maximum Gasteiger partial charge on any atom is 0.254 e. The molecule has 0 aliphatic carbocycles. The number of ether oxygens (including phenoxy) is 1. The summed E-state index contributed by atoms with van der Waals surface area (Å²) in [6.45, 7) is 3.13. The van der Waals surface area contributed by atoms with Crippen LogP contribution in [0.2, 0.25) is 0 Å². The van der Waals surface area contributed by atoms with Crippen LogP contribution in [-0.2, 0) is 0 Å². The third-order valence-electron chi connectivity index (χ3n) is 3.96. The normalized spacial score (nSPS) is 16.9. The number of aryl methyl sites for hydroxylation is 1. The van der Waals surface area contributed by atoms with Crippen molar-refractivity contribution in [3.63, 3.8) is 0 Å². The Bertz CT molecular complexity index is 767. The van der Waals surface area contributed by atoms with E-state index in [2.05, 4.69) is 11.1 Å². The Balaban J connectivity index is 1.65. The first kappa shape index (κ1) is 15.0. The van der Waals surface area contributed by atoms with Gasteiger partial charge in [0.1, 0.15) is 6.10 Å². The number of nitrogens with zero attached hydrogens (tertiary/aromatic N) is 3. The van der Waals surface area contributed by atoms with Gasteiger partial charge in [0.25, 0.3) is 5.91 Å². The van der Waals surface area contributed by atoms with E-state index in [1.807, 2.05) is 31.2 Å². The largest absolute Gasteiger partial charge is 0.472 e. The van der Waals surface area contributed by atoms with Crippen molar-refractivity contribution in [3.8, 4) is 11.9 Å². The molecule has 5 heteroatoms. The average molecular weight is 307 g/mol. The predicted octanol–water partition coefficient (Wildman–Crippen LogP) is 2.56. The zero-order valence-electron chi connectivity index (χ0n) is 12.9. The number of carbonyl (C=O) groups excluding carboxylic acids is 1. The summed E-state index contributed by atoms with van der Waals surface area (Å²) in [6, 6.07) is 12.9. The molecule has 1 saturated heterocycles. The number of hydrogen-bond donors (Lipinski definition) is 0. The molecule has 0 spiro atoms. The van der Waals surface area contributed by atoms with E-state index in [1.165, 1.54) is 0 Å². The van der Waals surface area contributed by atoms with Gasteiger partial charge in [-0.15, -0.1) is 0 Å². The highest BCUT2D eigenvalue weighted by Crippen LogP contribution is 2.20. The summed E-state index contributed by atoms with van der Waals surface area (Å²) in [6.07, 6.45) is 2.22. The molecule has 116 valence electrons. The molecular formula is C18H17N3O2. The highest BCUT2D eigenvalue weighted by atomic mass is 16.5. The number of hydrogen-bond acceptors (Lipinski definition) is 4. The Kier molecular flexibility index (Phi) is 4.24. The molecule has 2 heterocycles. The van der Waals surface area contributed by atoms with Gasteiger partial charge in [-0.3, -0.25) is 4.79 Å². The van der Waals surface area contributed by atoms with Crippen LogP contribution in [-0.4, -0.2) is 35.0 Å². The van der Waals surface area contributed by atoms with Crippen LogP contribution >= 0.6 is 0 Å². The van der Waals surface area contributed by atoms with Crippen molar-refractivity contribution < 1.29 is 9.53 Å². The lowest BCUT2D eigenvalue weighted by atomic mass is 10.1. The van der Waals surface area contributed by atoms with Crippen LogP contribution in [0.15, 0.2) is 42.6 Å². The van der Waals surface area contributed by atoms with Gasteiger partial charge in [-0.1, -0.05) is 18.2 Å². The molecule has 2 aromatic rings. The van der Waals surface area contributed by atoms with E-state index < -0.39 is 0 Å². The number of pyridine rings is 1. The predicted molar refractivity (Wildman–Crippen MR) is 85.1 cm³/mol. The van der Waals surface area contributed by atoms with Gasteiger partial charge < -0.3 is 9.64 Å². The fourth-order valence-corrected chi connectivity index (χ4v) is 2.71. The minimum atomic E-state index is -0.0931. The standard InChI is InChI=1S/C18H17N3O2/c1-13-4-2-3-5-16(13)18(22)21-9-7-15(12-21)23-17-10-14(11-19)6-8-20-17/h2-6,8,10,15H,7,9,12H2,1H3. The lowest BCUT2D eigenvalue weighted by Gasteiger charge is -2.18. The average Bonchev–Trinajstić information content (AvgIpc) is 3.03. The number of carbonyl (C=O) groups is 1. The monoisotopic (exact) mass is 307 g/mol. The third-order valence-corrected chi connectivity index (χ3v) is 3.96. The van der Waals surface area contributed by atoms with E-state index in [1.54, 1.807) is 23.2 Å². The number of benzene rings is 1. The first-order valence-corrected chi connectivity index (χ1v) is 7.55. The highest BCUT2D eigenvalue weighted by Gasteiger charge is 2.29. The number of aromatic nitrogens is 1. The number of likely N-dealkylation sites (tertiary alicyclic amines) is 1. The van der Waals surface area contributed by atoms with Crippen LogP contribution in [0.4, 0.5) is 0 Å². The molecule has 1 unspecified atom stereocenters. The van der Waals surface area contributed by atoms with Crippen LogP contribution in [0.25, 0.3) is 0 Å². The smallest absolute Gasteiger partial charge is 0.254 e. The van der Waals surface area contributed by atoms with Crippen LogP contribution in [0.5, 0.6) is 5.88 Å². The summed E-state index contributed by atoms with van der Waals surface area (Å²) in [4.78, 5) is 18.5. The topological polar surface area (TPSA) is 66.2 Å². The quantitative estimate of drug-likeness (QED) is 0.874. The van der Waals surface area contributed by atoms with Gasteiger partial charge in [-0.2, -0.15) is 5.26 Å². The molecule has 1 aromatic carbocycles. The van der Waals surface area contributed by atoms with E-state index in [4.69, 9.17) is 10.00 Å². The van der Waals surface area contributed by atoms with Gasteiger partial charge in [-0.05, 0) is 24.6 Å². The highest BCUT2D eigenvalue weighted by molar-refractivity contribution is 5.95. The molecule has 5 nitrogen and oxygen atoms in total. The Labute approximate surface area is 135 Å². The molecule has 1 fully saturated rings. The first-order valence-electron chi connectivity index (χ1n) is 7.55. The first-order chi connectivity index (χ1) is 11.2. The third kappa shape index (κ3) is 3.32. The molecule has 0 bridgehead atoms. The van der Waals surface area contributed by atoms with Crippen molar-refractivity contribution in [2.45, 2.75) is 19.4 Å². The molecule has 1 amide bonds. The Morgan fingerprint density at radius 1 is 1.39 bits per heavy atom. The van der Waals surface area contributed by atoms with E-state index in [0.29, 0.717) is 24.5 Å². The van der Waals surface area contributed by atoms with Crippen molar-refractivity contribution in [2.75, 3.05) is 13.1 Å². The summed E-state index contributed by atoms with van der Waals surface area (Å²) < 4.78 is 5.81. The van der Waals surface area contributed by atoms with Gasteiger partial charge >= 0.3 is 0 Å². The van der Waals surface area contributed by atoms with Crippen molar-refractivity contribution in [1.82, 2.24) is 9.88 Å². The van der Waals surface area contributed by atoms with Gasteiger partial charge in [-0.25, -0.2) is 4.98 Å². The second kappa shape index (κ2) is 6.49. The SMILES string of the molecule is Cc1ccccc1C(=O)N1CCC(Oc2cc(C#N)ccn2)C1. The second-order valence-corrected chi connectivity index (χ2v) is 5.59. The van der Waals surface area contributed by atoms with Gasteiger partial charge in [0.15, 0.2) is 0 Å². The van der Waals surface area contributed by atoms with E-state index in [-0.39, 0.29) is 12.0 Å². The molecular weight excluding hydrogens is 290 g/mol. The summed E-state index contributed by atoms with van der Waals surface area (Å²) in [5.74, 6) is 0.465. The van der Waals surface area contributed by atoms with Crippen molar-refractivity contribution >= 4 is 5.91 Å². The van der Waals surface area contributed by atoms with Crippen molar-refractivity contribution in [2.24, 2.45) is 0 Å². The van der Waals surface area contributed by atoms with Gasteiger partial charge in [0.2, 0.25) is 5.88 Å². The molecule has 0 N–H and O–H groups in total. The Hall–Kier alpha value is -2.87. The summed E-state index contributed by atoms with van der Waals surface area (Å²) >= 11 is 0. The zero-order chi connectivity index (χ0) is 16.2. The second-order valence-electron chi connectivity index (χ2n) is 5.59. The van der Waals surface area contributed by atoms with Crippen LogP contribution < -0.4 is 4.74 Å². The maximum atomic E-state index is 12.6. The van der Waals surface area contributed by atoms with Crippen LogP contribution in [0.1, 0.15) is 27.9 Å². The number of rotatable bonds is 3. The zero-order valence-corrected chi connectivity index (χ0v) is 12.9. The minimum absolute atomic E-state index is 0.0351. The molecule has 0 radical (unpaired) electrons. The van der Waals surface area contributed by atoms with E-state index >= 15 is 0 Å². The lowest BCUT2D eigenvalue weighted by molar-refractivity contribution is 0.0770. The summed E-state index contributed by atoms with van der Waals surface area (Å²) in [7, 11) is 0. The maximum absolute atomic E-state index is 12.6. The van der Waals surface area contributed by atoms with Gasteiger partial charge in [0, 0.05) is 30.8 Å². The van der Waals surface area contributed by atoms with Crippen LogP contribution in [0, 0.1) is 18.3 Å². The molecule has 23 heavy (non-hydrogen) atoms. The molecule has 1 aliphatic rings. The van der Waals surface area contributed by atoms with Crippen molar-refractivity contribution in [3.05, 3.63) is 59.3 Å². The molecule has 1 aliphatic heterocycles. The molecule has 1 atom stereocenters. The molecule has 0 saturated carbocycles. The summed E-state index contributed by atoms with van der Waals surface area (Å²) in [5.41, 5.74) is 2.23. The number of nitriles is 1.